The van der Waals surface area contributed by atoms with Crippen molar-refractivity contribution in [2.75, 3.05) is 46.1 Å². The van der Waals surface area contributed by atoms with Crippen molar-refractivity contribution in [2.24, 2.45) is 7.05 Å². The normalized spacial score (nSPS) is 16.7. The third-order valence-electron chi connectivity index (χ3n) is 5.05. The highest BCUT2D eigenvalue weighted by Crippen LogP contribution is 2.25. The smallest absolute Gasteiger partial charge is 0.329 e. The fourth-order valence-electron chi connectivity index (χ4n) is 3.63. The van der Waals surface area contributed by atoms with E-state index in [2.05, 4.69) is 11.0 Å². The van der Waals surface area contributed by atoms with Crippen LogP contribution in [0.5, 0.6) is 0 Å². The third kappa shape index (κ3) is 4.14. The minimum absolute atomic E-state index is 0.0962. The van der Waals surface area contributed by atoms with Crippen LogP contribution in [0.4, 0.5) is 0 Å². The molecule has 3 rings (SSSR count). The predicted octanol–water partition coefficient (Wildman–Crippen LogP) is 2.03. The van der Waals surface area contributed by atoms with E-state index in [0.29, 0.717) is 13.2 Å². The van der Waals surface area contributed by atoms with Crippen molar-refractivity contribution in [3.63, 3.8) is 0 Å². The second-order valence-corrected chi connectivity index (χ2v) is 6.58. The molecule has 2 heterocycles. The van der Waals surface area contributed by atoms with E-state index in [1.165, 1.54) is 0 Å². The first-order valence-electron chi connectivity index (χ1n) is 9.26. The molecular weight excluding hydrogens is 318 g/mol. The molecule has 0 bridgehead atoms. The second kappa shape index (κ2) is 8.65. The number of ether oxygens (including phenoxy) is 2. The van der Waals surface area contributed by atoms with E-state index in [9.17, 15) is 4.79 Å². The zero-order valence-electron chi connectivity index (χ0n) is 15.3. The number of piperidine rings is 1. The monoisotopic (exact) mass is 347 g/mol. The summed E-state index contributed by atoms with van der Waals surface area (Å²) in [5.74, 6) is 0. The van der Waals surface area contributed by atoms with Gasteiger partial charge >= 0.3 is 5.69 Å². The number of hydrogen-bond acceptors (Lipinski definition) is 4. The minimum Gasteiger partial charge on any atom is -0.379 e. The molecule has 0 spiro atoms. The lowest BCUT2D eigenvalue weighted by Crippen LogP contribution is -2.39. The summed E-state index contributed by atoms with van der Waals surface area (Å²) in [6.45, 7) is 7.77. The lowest BCUT2D eigenvalue weighted by Gasteiger charge is -2.32. The van der Waals surface area contributed by atoms with E-state index in [-0.39, 0.29) is 11.7 Å². The summed E-state index contributed by atoms with van der Waals surface area (Å²) in [7, 11) is 1.86. The highest BCUT2D eigenvalue weighted by Gasteiger charge is 2.24. The third-order valence-corrected chi connectivity index (χ3v) is 5.05. The van der Waals surface area contributed by atoms with Crippen molar-refractivity contribution in [3.05, 3.63) is 34.7 Å². The van der Waals surface area contributed by atoms with Gasteiger partial charge in [-0.3, -0.25) is 9.13 Å². The maximum Gasteiger partial charge on any atom is 0.329 e. The molecular formula is C19H29N3O3. The van der Waals surface area contributed by atoms with E-state index < -0.39 is 0 Å². The van der Waals surface area contributed by atoms with Gasteiger partial charge in [0.05, 0.1) is 30.9 Å². The van der Waals surface area contributed by atoms with Gasteiger partial charge in [0.2, 0.25) is 0 Å². The van der Waals surface area contributed by atoms with Gasteiger partial charge in [0.1, 0.15) is 0 Å². The summed E-state index contributed by atoms with van der Waals surface area (Å²) < 4.78 is 14.6. The minimum atomic E-state index is 0.0962. The Bertz CT molecular complexity index is 729. The van der Waals surface area contributed by atoms with Crippen LogP contribution < -0.4 is 5.69 Å². The van der Waals surface area contributed by atoms with Crippen LogP contribution in [-0.2, 0) is 16.5 Å². The molecule has 1 aliphatic heterocycles. The quantitative estimate of drug-likeness (QED) is 0.686. The number of likely N-dealkylation sites (tertiary alicyclic amines) is 1. The van der Waals surface area contributed by atoms with Crippen LogP contribution in [0.15, 0.2) is 29.1 Å². The molecule has 0 radical (unpaired) electrons. The standard InChI is InChI=1S/C19H29N3O3/c1-3-24-14-15-25-13-12-21-10-8-16(9-11-21)22-18-7-5-4-6-17(18)20(2)19(22)23/h4-7,16H,3,8-15H2,1-2H3. The molecule has 0 aliphatic carbocycles. The Hall–Kier alpha value is -1.63. The molecule has 25 heavy (non-hydrogen) atoms. The molecule has 1 fully saturated rings. The Balaban J connectivity index is 1.53. The number of hydrogen-bond donors (Lipinski definition) is 0. The molecule has 6 heteroatoms. The highest BCUT2D eigenvalue weighted by molar-refractivity contribution is 5.76. The van der Waals surface area contributed by atoms with E-state index in [1.54, 1.807) is 4.57 Å². The maximum absolute atomic E-state index is 12.6. The number of aromatic nitrogens is 2. The van der Waals surface area contributed by atoms with Crippen molar-refractivity contribution in [3.8, 4) is 0 Å². The Morgan fingerprint density at radius 1 is 1.04 bits per heavy atom. The fourth-order valence-corrected chi connectivity index (χ4v) is 3.63. The summed E-state index contributed by atoms with van der Waals surface area (Å²) >= 11 is 0. The molecule has 0 atom stereocenters. The molecule has 138 valence electrons. The van der Waals surface area contributed by atoms with Crippen LogP contribution in [-0.4, -0.2) is 60.1 Å². The molecule has 6 nitrogen and oxygen atoms in total. The summed E-state index contributed by atoms with van der Waals surface area (Å²) in [4.78, 5) is 15.1. The summed E-state index contributed by atoms with van der Waals surface area (Å²) in [5, 5.41) is 0. The van der Waals surface area contributed by atoms with Crippen molar-refractivity contribution >= 4 is 11.0 Å². The first-order chi connectivity index (χ1) is 12.2. The molecule has 2 aromatic rings. The van der Waals surface area contributed by atoms with E-state index in [4.69, 9.17) is 9.47 Å². The zero-order valence-corrected chi connectivity index (χ0v) is 15.3. The maximum atomic E-state index is 12.6. The Labute approximate surface area is 148 Å². The largest absolute Gasteiger partial charge is 0.379 e. The van der Waals surface area contributed by atoms with Gasteiger partial charge in [-0.05, 0) is 31.9 Å². The number of nitrogens with zero attached hydrogens (tertiary/aromatic N) is 3. The lowest BCUT2D eigenvalue weighted by atomic mass is 10.0. The number of imidazole rings is 1. The Morgan fingerprint density at radius 2 is 1.72 bits per heavy atom. The SMILES string of the molecule is CCOCCOCCN1CCC(n2c(=O)n(C)c3ccccc32)CC1. The van der Waals surface area contributed by atoms with Gasteiger partial charge in [0, 0.05) is 39.3 Å². The van der Waals surface area contributed by atoms with Crippen LogP contribution in [0.3, 0.4) is 0 Å². The first kappa shape index (κ1) is 18.2. The number of benzene rings is 1. The van der Waals surface area contributed by atoms with Gasteiger partial charge in [-0.15, -0.1) is 0 Å². The first-order valence-corrected chi connectivity index (χ1v) is 9.26. The number of para-hydroxylation sites is 2. The molecule has 0 saturated carbocycles. The van der Waals surface area contributed by atoms with Gasteiger partial charge in [-0.2, -0.15) is 0 Å². The summed E-state index contributed by atoms with van der Waals surface area (Å²) in [6, 6.07) is 8.35. The zero-order chi connectivity index (χ0) is 17.6. The molecule has 1 aliphatic rings. The van der Waals surface area contributed by atoms with Gasteiger partial charge in [0.25, 0.3) is 0 Å². The second-order valence-electron chi connectivity index (χ2n) is 6.58. The van der Waals surface area contributed by atoms with Crippen LogP contribution in [0, 0.1) is 0 Å². The van der Waals surface area contributed by atoms with Crippen molar-refractivity contribution in [1.29, 1.82) is 0 Å². The Morgan fingerprint density at radius 3 is 2.44 bits per heavy atom. The van der Waals surface area contributed by atoms with Crippen LogP contribution in [0.2, 0.25) is 0 Å². The van der Waals surface area contributed by atoms with Crippen molar-refractivity contribution in [2.45, 2.75) is 25.8 Å². The molecule has 0 amide bonds. The van der Waals surface area contributed by atoms with Gasteiger partial charge in [-0.25, -0.2) is 4.79 Å². The van der Waals surface area contributed by atoms with Gasteiger partial charge in [-0.1, -0.05) is 12.1 Å². The van der Waals surface area contributed by atoms with Gasteiger partial charge < -0.3 is 14.4 Å². The summed E-state index contributed by atoms with van der Waals surface area (Å²) in [6.07, 6.45) is 2.01. The molecule has 1 aromatic heterocycles. The van der Waals surface area contributed by atoms with E-state index >= 15 is 0 Å². The number of rotatable bonds is 8. The molecule has 1 aromatic carbocycles. The number of aryl methyl sites for hydroxylation is 1. The Kier molecular flexibility index (Phi) is 6.29. The lowest BCUT2D eigenvalue weighted by molar-refractivity contribution is 0.0387. The number of fused-ring (bicyclic) bond motifs is 1. The van der Waals surface area contributed by atoms with Crippen LogP contribution in [0.25, 0.3) is 11.0 Å². The van der Waals surface area contributed by atoms with Crippen molar-refractivity contribution < 1.29 is 9.47 Å². The summed E-state index contributed by atoms with van der Waals surface area (Å²) in [5.41, 5.74) is 2.16. The molecule has 1 saturated heterocycles. The molecule has 0 N–H and O–H groups in total. The van der Waals surface area contributed by atoms with E-state index in [0.717, 1.165) is 56.7 Å². The average Bonchev–Trinajstić information content (AvgIpc) is 2.90. The van der Waals surface area contributed by atoms with Gasteiger partial charge in [0.15, 0.2) is 0 Å². The van der Waals surface area contributed by atoms with Crippen LogP contribution in [0.1, 0.15) is 25.8 Å². The highest BCUT2D eigenvalue weighted by atomic mass is 16.5. The van der Waals surface area contributed by atoms with Crippen LogP contribution >= 0.6 is 0 Å². The topological polar surface area (TPSA) is 48.6 Å². The average molecular weight is 347 g/mol. The van der Waals surface area contributed by atoms with E-state index in [1.807, 2.05) is 36.7 Å². The van der Waals surface area contributed by atoms with Crippen molar-refractivity contribution in [1.82, 2.24) is 14.0 Å². The molecule has 0 unspecified atom stereocenters. The predicted molar refractivity (Wildman–Crippen MR) is 99.2 cm³/mol. The fraction of sp³-hybridized carbons (Fsp3) is 0.632.